The van der Waals surface area contributed by atoms with Gasteiger partial charge >= 0.3 is 0 Å². The molecule has 2 aromatic rings. The molecule has 0 bridgehead atoms. The standard InChI is InChI=1S/C17H22N2O3/c20-10-15(11-21)19-8-13(17(22)9-19)7-14-6-5-12-3-1-2-4-16(12)18-14/h1-6,13,15,17,20-22H,7-11H2/t13-,17-/m1/s1. The lowest BCUT2D eigenvalue weighted by molar-refractivity contribution is 0.0785. The normalized spacial score (nSPS) is 22.7. The lowest BCUT2D eigenvalue weighted by Crippen LogP contribution is -2.39. The topological polar surface area (TPSA) is 76.8 Å². The molecule has 22 heavy (non-hydrogen) atoms. The van der Waals surface area contributed by atoms with Crippen LogP contribution >= 0.6 is 0 Å². The zero-order chi connectivity index (χ0) is 15.5. The second-order valence-electron chi connectivity index (χ2n) is 6.00. The van der Waals surface area contributed by atoms with Crippen LogP contribution in [0.15, 0.2) is 36.4 Å². The number of aromatic nitrogens is 1. The SMILES string of the molecule is OCC(CO)N1C[C@@H](Cc2ccc3ccccc3n2)[C@H](O)C1. The first kappa shape index (κ1) is 15.4. The van der Waals surface area contributed by atoms with E-state index in [0.29, 0.717) is 19.5 Å². The van der Waals surface area contributed by atoms with Gasteiger partial charge in [-0.1, -0.05) is 24.3 Å². The monoisotopic (exact) mass is 302 g/mol. The minimum atomic E-state index is -0.450. The quantitative estimate of drug-likeness (QED) is 0.746. The third-order valence-corrected chi connectivity index (χ3v) is 4.50. The maximum absolute atomic E-state index is 10.2. The maximum atomic E-state index is 10.2. The number of hydrogen-bond acceptors (Lipinski definition) is 5. The Balaban J connectivity index is 1.71. The molecule has 1 fully saturated rings. The number of para-hydroxylation sites is 1. The van der Waals surface area contributed by atoms with E-state index < -0.39 is 6.10 Å². The van der Waals surface area contributed by atoms with Crippen molar-refractivity contribution in [2.75, 3.05) is 26.3 Å². The van der Waals surface area contributed by atoms with Gasteiger partial charge in [-0.25, -0.2) is 0 Å². The zero-order valence-electron chi connectivity index (χ0n) is 12.5. The van der Waals surface area contributed by atoms with Crippen molar-refractivity contribution in [2.24, 2.45) is 5.92 Å². The van der Waals surface area contributed by atoms with Crippen molar-refractivity contribution < 1.29 is 15.3 Å². The van der Waals surface area contributed by atoms with Gasteiger partial charge in [0.1, 0.15) is 0 Å². The highest BCUT2D eigenvalue weighted by Crippen LogP contribution is 2.23. The van der Waals surface area contributed by atoms with Gasteiger partial charge in [0.25, 0.3) is 0 Å². The molecular formula is C17H22N2O3. The lowest BCUT2D eigenvalue weighted by Gasteiger charge is -2.23. The molecule has 0 saturated carbocycles. The Morgan fingerprint density at radius 1 is 1.09 bits per heavy atom. The molecule has 1 aliphatic heterocycles. The fourth-order valence-electron chi connectivity index (χ4n) is 3.16. The average molecular weight is 302 g/mol. The Kier molecular flexibility index (Phi) is 4.69. The van der Waals surface area contributed by atoms with Crippen molar-refractivity contribution in [1.82, 2.24) is 9.88 Å². The molecule has 3 N–H and O–H groups in total. The fourth-order valence-corrected chi connectivity index (χ4v) is 3.16. The molecule has 1 saturated heterocycles. The molecule has 0 aliphatic carbocycles. The minimum Gasteiger partial charge on any atom is -0.395 e. The molecule has 1 aromatic carbocycles. The summed E-state index contributed by atoms with van der Waals surface area (Å²) in [4.78, 5) is 6.61. The number of benzene rings is 1. The largest absolute Gasteiger partial charge is 0.395 e. The number of likely N-dealkylation sites (tertiary alicyclic amines) is 1. The molecule has 1 aliphatic rings. The third-order valence-electron chi connectivity index (χ3n) is 4.50. The number of nitrogens with zero attached hydrogens (tertiary/aromatic N) is 2. The Hall–Kier alpha value is -1.53. The lowest BCUT2D eigenvalue weighted by atomic mass is 9.99. The number of pyridine rings is 1. The van der Waals surface area contributed by atoms with Crippen LogP contribution in [0, 0.1) is 5.92 Å². The van der Waals surface area contributed by atoms with Crippen molar-refractivity contribution in [3.05, 3.63) is 42.1 Å². The Labute approximate surface area is 129 Å². The van der Waals surface area contributed by atoms with E-state index in [-0.39, 0.29) is 25.2 Å². The van der Waals surface area contributed by atoms with E-state index in [1.807, 2.05) is 35.2 Å². The summed E-state index contributed by atoms with van der Waals surface area (Å²) in [6.07, 6.45) is 0.250. The van der Waals surface area contributed by atoms with Crippen LogP contribution < -0.4 is 0 Å². The number of fused-ring (bicyclic) bond motifs is 1. The first-order valence-corrected chi connectivity index (χ1v) is 7.69. The van der Waals surface area contributed by atoms with E-state index in [9.17, 15) is 15.3 Å². The van der Waals surface area contributed by atoms with Crippen molar-refractivity contribution in [1.29, 1.82) is 0 Å². The van der Waals surface area contributed by atoms with Crippen LogP contribution in [0.2, 0.25) is 0 Å². The molecule has 118 valence electrons. The number of rotatable bonds is 5. The first-order valence-electron chi connectivity index (χ1n) is 7.69. The fraction of sp³-hybridized carbons (Fsp3) is 0.471. The molecule has 5 nitrogen and oxygen atoms in total. The van der Waals surface area contributed by atoms with Gasteiger partial charge in [-0.2, -0.15) is 0 Å². The first-order chi connectivity index (χ1) is 10.7. The van der Waals surface area contributed by atoms with Gasteiger partial charge in [0, 0.05) is 30.1 Å². The highest BCUT2D eigenvalue weighted by atomic mass is 16.3. The summed E-state index contributed by atoms with van der Waals surface area (Å²) in [6, 6.07) is 11.8. The summed E-state index contributed by atoms with van der Waals surface area (Å²) >= 11 is 0. The predicted octanol–water partition coefficient (Wildman–Crippen LogP) is 0.423. The summed E-state index contributed by atoms with van der Waals surface area (Å²) in [7, 11) is 0. The van der Waals surface area contributed by atoms with Crippen molar-refractivity contribution in [3.63, 3.8) is 0 Å². The zero-order valence-corrected chi connectivity index (χ0v) is 12.5. The van der Waals surface area contributed by atoms with Crippen LogP contribution in [0.1, 0.15) is 5.69 Å². The highest BCUT2D eigenvalue weighted by Gasteiger charge is 2.34. The average Bonchev–Trinajstić information content (AvgIpc) is 2.89. The van der Waals surface area contributed by atoms with Crippen molar-refractivity contribution in [2.45, 2.75) is 18.6 Å². The van der Waals surface area contributed by atoms with Gasteiger partial charge in [0.05, 0.1) is 30.9 Å². The Morgan fingerprint density at radius 3 is 2.64 bits per heavy atom. The number of β-amino-alcohol motifs (C(OH)–C–C–N with tert-alkyl or cyclic N) is 1. The second kappa shape index (κ2) is 6.71. The Bertz CT molecular complexity index is 630. The summed E-state index contributed by atoms with van der Waals surface area (Å²) in [6.45, 7) is 0.972. The smallest absolute Gasteiger partial charge is 0.0711 e. The molecule has 0 amide bonds. The predicted molar refractivity (Wildman–Crippen MR) is 84.5 cm³/mol. The Morgan fingerprint density at radius 2 is 1.86 bits per heavy atom. The molecule has 1 aromatic heterocycles. The summed E-state index contributed by atoms with van der Waals surface area (Å²) in [5, 5.41) is 29.9. The number of hydrogen-bond donors (Lipinski definition) is 3. The summed E-state index contributed by atoms with van der Waals surface area (Å²) in [5.74, 6) is 0.0780. The van der Waals surface area contributed by atoms with E-state index in [1.54, 1.807) is 0 Å². The van der Waals surface area contributed by atoms with Gasteiger partial charge in [0.15, 0.2) is 0 Å². The van der Waals surface area contributed by atoms with Crippen LogP contribution in [0.3, 0.4) is 0 Å². The molecule has 2 atom stereocenters. The van der Waals surface area contributed by atoms with Crippen LogP contribution in [0.5, 0.6) is 0 Å². The minimum absolute atomic E-state index is 0.0780. The van der Waals surface area contributed by atoms with Gasteiger partial charge in [-0.3, -0.25) is 9.88 Å². The van der Waals surface area contributed by atoms with E-state index in [2.05, 4.69) is 11.1 Å². The second-order valence-corrected chi connectivity index (χ2v) is 6.00. The van der Waals surface area contributed by atoms with E-state index in [1.165, 1.54) is 0 Å². The van der Waals surface area contributed by atoms with Crippen LogP contribution in [-0.2, 0) is 6.42 Å². The van der Waals surface area contributed by atoms with Gasteiger partial charge < -0.3 is 15.3 Å². The van der Waals surface area contributed by atoms with E-state index in [0.717, 1.165) is 16.6 Å². The molecule has 0 radical (unpaired) electrons. The summed E-state index contributed by atoms with van der Waals surface area (Å²) in [5.41, 5.74) is 1.93. The molecule has 3 rings (SSSR count). The maximum Gasteiger partial charge on any atom is 0.0711 e. The molecule has 2 heterocycles. The van der Waals surface area contributed by atoms with E-state index in [4.69, 9.17) is 0 Å². The van der Waals surface area contributed by atoms with Gasteiger partial charge in [-0.05, 0) is 18.6 Å². The molecule has 0 unspecified atom stereocenters. The molecule has 5 heteroatoms. The van der Waals surface area contributed by atoms with Gasteiger partial charge in [-0.15, -0.1) is 0 Å². The van der Waals surface area contributed by atoms with Crippen molar-refractivity contribution in [3.8, 4) is 0 Å². The molecular weight excluding hydrogens is 280 g/mol. The van der Waals surface area contributed by atoms with Crippen molar-refractivity contribution >= 4 is 10.9 Å². The molecule has 0 spiro atoms. The summed E-state index contributed by atoms with van der Waals surface area (Å²) < 4.78 is 0. The van der Waals surface area contributed by atoms with Crippen LogP contribution in [-0.4, -0.2) is 63.7 Å². The number of aliphatic hydroxyl groups excluding tert-OH is 3. The van der Waals surface area contributed by atoms with Crippen LogP contribution in [0.4, 0.5) is 0 Å². The number of aliphatic hydroxyl groups is 3. The highest BCUT2D eigenvalue weighted by molar-refractivity contribution is 5.78. The van der Waals surface area contributed by atoms with E-state index >= 15 is 0 Å². The third kappa shape index (κ3) is 3.13. The van der Waals surface area contributed by atoms with Gasteiger partial charge in [0.2, 0.25) is 0 Å². The van der Waals surface area contributed by atoms with Crippen LogP contribution in [0.25, 0.3) is 10.9 Å².